The molecule has 3 aromatic rings. The lowest BCUT2D eigenvalue weighted by Gasteiger charge is -2.32. The number of ether oxygens (including phenoxy) is 1. The van der Waals surface area contributed by atoms with Gasteiger partial charge >= 0.3 is 6.18 Å². The second-order valence-electron chi connectivity index (χ2n) is 10.8. The van der Waals surface area contributed by atoms with Gasteiger partial charge in [0.1, 0.15) is 5.75 Å². The maximum Gasteiger partial charge on any atom is 0.422 e. The van der Waals surface area contributed by atoms with Gasteiger partial charge in [-0.1, -0.05) is 29.8 Å². The number of nitrogens with zero attached hydrogens (tertiary/aromatic N) is 1. The van der Waals surface area contributed by atoms with Crippen molar-refractivity contribution >= 4 is 5.78 Å². The van der Waals surface area contributed by atoms with Crippen molar-refractivity contribution in [2.75, 3.05) is 0 Å². The van der Waals surface area contributed by atoms with E-state index in [4.69, 9.17) is 10.5 Å². The summed E-state index contributed by atoms with van der Waals surface area (Å²) in [5.74, 6) is -0.170. The first-order chi connectivity index (χ1) is 18.2. The topological polar surface area (TPSA) is 106 Å². The summed E-state index contributed by atoms with van der Waals surface area (Å²) >= 11 is 0. The average Bonchev–Trinajstić information content (AvgIpc) is 3.70. The Morgan fingerprint density at radius 2 is 1.74 bits per heavy atom. The minimum atomic E-state index is -5.12. The van der Waals surface area contributed by atoms with Gasteiger partial charge in [-0.25, -0.2) is 4.98 Å². The highest BCUT2D eigenvalue weighted by Gasteiger charge is 2.56. The number of Topliss-reactive ketones (excluding diaryl/α,β-unsaturated/α-hetero) is 1. The average molecular weight is 543 g/mol. The van der Waals surface area contributed by atoms with Gasteiger partial charge in [-0.15, -0.1) is 0 Å². The maximum atomic E-state index is 14.5. The standard InChI is InChI=1S/C30H33F3N2O4/c1-18-4-6-19(7-5-18)24-15-22(28(2,3)34)16-27(35-24)29(38,30(31,32)33)13-12-25(37)20-8-11-26(21(14-20)17-36)39-23-9-10-23/h4-8,11,14-16,23,36,38H,9-10,12-13,17,34H2,1-3H3. The van der Waals surface area contributed by atoms with Crippen molar-refractivity contribution in [3.05, 3.63) is 82.5 Å². The Hall–Kier alpha value is -3.27. The molecule has 1 aliphatic carbocycles. The first-order valence-electron chi connectivity index (χ1n) is 12.8. The third kappa shape index (κ3) is 6.49. The lowest BCUT2D eigenvalue weighted by atomic mass is 9.86. The van der Waals surface area contributed by atoms with E-state index >= 15 is 0 Å². The SMILES string of the molecule is Cc1ccc(-c2cc(C(C)(C)N)cc(C(O)(CCC(=O)c3ccc(OC4CC4)c(CO)c3)C(F)(F)F)n2)cc1. The zero-order valence-electron chi connectivity index (χ0n) is 22.2. The van der Waals surface area contributed by atoms with Crippen LogP contribution in [0.3, 0.4) is 0 Å². The number of nitrogens with two attached hydrogens (primary N) is 1. The molecule has 4 rings (SSSR count). The van der Waals surface area contributed by atoms with E-state index in [1.165, 1.54) is 18.2 Å². The fourth-order valence-electron chi connectivity index (χ4n) is 4.20. The predicted molar refractivity (Wildman–Crippen MR) is 141 cm³/mol. The van der Waals surface area contributed by atoms with E-state index in [1.54, 1.807) is 32.0 Å². The van der Waals surface area contributed by atoms with Crippen molar-refractivity contribution in [3.63, 3.8) is 0 Å². The smallest absolute Gasteiger partial charge is 0.422 e. The number of hydrogen-bond donors (Lipinski definition) is 3. The van der Waals surface area contributed by atoms with Crippen LogP contribution in [0, 0.1) is 6.92 Å². The van der Waals surface area contributed by atoms with Crippen molar-refractivity contribution in [2.45, 2.75) is 76.5 Å². The van der Waals surface area contributed by atoms with Crippen LogP contribution in [0.1, 0.15) is 72.3 Å². The first kappa shape index (κ1) is 28.7. The molecule has 0 bridgehead atoms. The van der Waals surface area contributed by atoms with Crippen LogP contribution in [0.5, 0.6) is 5.75 Å². The fourth-order valence-corrected chi connectivity index (χ4v) is 4.20. The van der Waals surface area contributed by atoms with Gasteiger partial charge in [0.05, 0.1) is 24.1 Å². The highest BCUT2D eigenvalue weighted by molar-refractivity contribution is 5.96. The van der Waals surface area contributed by atoms with Gasteiger partial charge in [-0.3, -0.25) is 4.79 Å². The molecular weight excluding hydrogens is 509 g/mol. The number of aliphatic hydroxyl groups is 2. The second-order valence-corrected chi connectivity index (χ2v) is 10.8. The van der Waals surface area contributed by atoms with Crippen molar-refractivity contribution in [1.29, 1.82) is 0 Å². The Morgan fingerprint density at radius 1 is 1.08 bits per heavy atom. The zero-order valence-corrected chi connectivity index (χ0v) is 22.2. The number of ketones is 1. The molecule has 1 atom stereocenters. The van der Waals surface area contributed by atoms with Crippen LogP contribution in [0.2, 0.25) is 0 Å². The van der Waals surface area contributed by atoms with Crippen LogP contribution in [-0.4, -0.2) is 33.3 Å². The lowest BCUT2D eigenvalue weighted by Crippen LogP contribution is -2.44. The third-order valence-electron chi connectivity index (χ3n) is 6.89. The van der Waals surface area contributed by atoms with Crippen LogP contribution < -0.4 is 10.5 Å². The van der Waals surface area contributed by atoms with Crippen LogP contribution in [-0.2, 0) is 17.7 Å². The number of aryl methyl sites for hydroxylation is 1. The van der Waals surface area contributed by atoms with Gasteiger partial charge in [-0.05, 0) is 75.9 Å². The molecule has 4 N–H and O–H groups in total. The number of aliphatic hydroxyl groups excluding tert-OH is 1. The van der Waals surface area contributed by atoms with Crippen molar-refractivity contribution in [1.82, 2.24) is 4.98 Å². The Balaban J connectivity index is 1.67. The minimum Gasteiger partial charge on any atom is -0.490 e. The van der Waals surface area contributed by atoms with Crippen LogP contribution >= 0.6 is 0 Å². The summed E-state index contributed by atoms with van der Waals surface area (Å²) in [6, 6.07) is 14.3. The molecule has 2 aromatic carbocycles. The fraction of sp³-hybridized carbons (Fsp3) is 0.400. The van der Waals surface area contributed by atoms with Gasteiger partial charge in [0.15, 0.2) is 5.78 Å². The molecule has 1 heterocycles. The first-order valence-corrected chi connectivity index (χ1v) is 12.8. The number of benzene rings is 2. The Bertz CT molecular complexity index is 1350. The van der Waals surface area contributed by atoms with Crippen LogP contribution in [0.15, 0.2) is 54.6 Å². The Labute approximate surface area is 225 Å². The normalized spacial score (nSPS) is 15.6. The molecule has 0 saturated heterocycles. The molecule has 1 aliphatic rings. The monoisotopic (exact) mass is 542 g/mol. The molecule has 6 nitrogen and oxygen atoms in total. The molecule has 0 spiro atoms. The summed E-state index contributed by atoms with van der Waals surface area (Å²) in [5, 5.41) is 20.8. The summed E-state index contributed by atoms with van der Waals surface area (Å²) in [5.41, 5.74) is 3.81. The highest BCUT2D eigenvalue weighted by Crippen LogP contribution is 2.43. The maximum absolute atomic E-state index is 14.5. The Morgan fingerprint density at radius 3 is 2.31 bits per heavy atom. The number of halogens is 3. The lowest BCUT2D eigenvalue weighted by molar-refractivity contribution is -0.270. The van der Waals surface area contributed by atoms with E-state index in [2.05, 4.69) is 4.98 Å². The molecule has 208 valence electrons. The van der Waals surface area contributed by atoms with Gasteiger partial charge in [0.25, 0.3) is 0 Å². The summed E-state index contributed by atoms with van der Waals surface area (Å²) in [4.78, 5) is 17.2. The summed E-state index contributed by atoms with van der Waals surface area (Å²) in [6.07, 6.45) is -4.79. The van der Waals surface area contributed by atoms with Gasteiger partial charge in [0, 0.05) is 28.7 Å². The Kier molecular flexibility index (Phi) is 7.89. The van der Waals surface area contributed by atoms with Gasteiger partial charge in [0.2, 0.25) is 5.60 Å². The van der Waals surface area contributed by atoms with Crippen LogP contribution in [0.25, 0.3) is 11.3 Å². The molecule has 0 amide bonds. The summed E-state index contributed by atoms with van der Waals surface area (Å²) in [7, 11) is 0. The number of hydrogen-bond acceptors (Lipinski definition) is 6. The summed E-state index contributed by atoms with van der Waals surface area (Å²) < 4.78 is 49.1. The molecule has 1 fully saturated rings. The van der Waals surface area contributed by atoms with Crippen molar-refractivity contribution in [2.24, 2.45) is 5.73 Å². The number of carbonyl (C=O) groups is 1. The van der Waals surface area contributed by atoms with Gasteiger partial charge < -0.3 is 20.7 Å². The van der Waals surface area contributed by atoms with E-state index in [9.17, 15) is 28.2 Å². The molecular formula is C30H33F3N2O4. The van der Waals surface area contributed by atoms with E-state index < -0.39 is 41.6 Å². The summed E-state index contributed by atoms with van der Waals surface area (Å²) in [6.45, 7) is 4.80. The van der Waals surface area contributed by atoms with E-state index in [0.29, 0.717) is 22.4 Å². The zero-order chi connectivity index (χ0) is 28.6. The predicted octanol–water partition coefficient (Wildman–Crippen LogP) is 5.70. The number of rotatable bonds is 10. The molecule has 1 unspecified atom stereocenters. The number of aromatic nitrogens is 1. The molecule has 0 radical (unpaired) electrons. The number of carbonyl (C=O) groups excluding carboxylic acids is 1. The van der Waals surface area contributed by atoms with Crippen molar-refractivity contribution < 1.29 is 32.9 Å². The highest BCUT2D eigenvalue weighted by atomic mass is 19.4. The third-order valence-corrected chi connectivity index (χ3v) is 6.89. The minimum absolute atomic E-state index is 0.0743. The molecule has 9 heteroatoms. The van der Waals surface area contributed by atoms with Crippen LogP contribution in [0.4, 0.5) is 13.2 Å². The second kappa shape index (κ2) is 10.7. The molecule has 1 saturated carbocycles. The molecule has 39 heavy (non-hydrogen) atoms. The molecule has 1 aromatic heterocycles. The van der Waals surface area contributed by atoms with E-state index in [1.807, 2.05) is 19.1 Å². The van der Waals surface area contributed by atoms with Crippen molar-refractivity contribution in [3.8, 4) is 17.0 Å². The quantitative estimate of drug-likeness (QED) is 0.284. The van der Waals surface area contributed by atoms with E-state index in [0.717, 1.165) is 24.5 Å². The largest absolute Gasteiger partial charge is 0.490 e. The van der Waals surface area contributed by atoms with Gasteiger partial charge in [-0.2, -0.15) is 13.2 Å². The van der Waals surface area contributed by atoms with E-state index in [-0.39, 0.29) is 24.0 Å². The number of pyridine rings is 1. The molecule has 0 aliphatic heterocycles. The number of alkyl halides is 3.